The first kappa shape index (κ1) is 10.5. The number of ether oxygens (including phenoxy) is 1. The van der Waals surface area contributed by atoms with Crippen molar-refractivity contribution in [2.75, 3.05) is 7.11 Å². The number of rotatable bonds is 0. The molecule has 0 aromatic carbocycles. The van der Waals surface area contributed by atoms with Crippen molar-refractivity contribution in [2.45, 2.75) is 6.10 Å². The fourth-order valence-corrected chi connectivity index (χ4v) is 3.20. The lowest BCUT2D eigenvalue weighted by molar-refractivity contribution is -0.139. The number of hydrogen-bond donors (Lipinski definition) is 1. The molecule has 1 saturated carbocycles. The number of hydrogen-bond acceptors (Lipinski definition) is 5. The van der Waals surface area contributed by atoms with Gasteiger partial charge in [0.1, 0.15) is 0 Å². The van der Waals surface area contributed by atoms with Gasteiger partial charge in [0.05, 0.1) is 25.0 Å². The highest BCUT2D eigenvalue weighted by molar-refractivity contribution is 6.16. The molecular weight excluding hydrogens is 226 g/mol. The van der Waals surface area contributed by atoms with Crippen LogP contribution < -0.4 is 0 Å². The molecule has 1 aliphatic heterocycles. The number of imide groups is 3. The second-order valence-electron chi connectivity index (χ2n) is 4.56. The maximum absolute atomic E-state index is 12.0. The Morgan fingerprint density at radius 3 is 2.12 bits per heavy atom. The van der Waals surface area contributed by atoms with Gasteiger partial charge in [-0.15, -0.1) is 0 Å². The van der Waals surface area contributed by atoms with Crippen LogP contribution in [0.5, 0.6) is 0 Å². The van der Waals surface area contributed by atoms with Crippen molar-refractivity contribution in [1.82, 2.24) is 4.90 Å². The molecule has 1 heterocycles. The fraction of sp³-hybridized carbons (Fsp3) is 0.545. The van der Waals surface area contributed by atoms with E-state index in [4.69, 9.17) is 0 Å². The summed E-state index contributed by atoms with van der Waals surface area (Å²) in [6.45, 7) is 0. The van der Waals surface area contributed by atoms with Crippen molar-refractivity contribution in [1.29, 1.82) is 0 Å². The number of carbonyl (C=O) groups is 3. The summed E-state index contributed by atoms with van der Waals surface area (Å²) in [7, 11) is 1.12. The van der Waals surface area contributed by atoms with E-state index in [-0.39, 0.29) is 11.8 Å². The minimum absolute atomic E-state index is 0.351. The summed E-state index contributed by atoms with van der Waals surface area (Å²) in [6, 6.07) is 0. The van der Waals surface area contributed by atoms with E-state index in [9.17, 15) is 19.5 Å². The summed E-state index contributed by atoms with van der Waals surface area (Å²) < 4.78 is 4.42. The molecule has 0 spiro atoms. The van der Waals surface area contributed by atoms with Crippen LogP contribution in [-0.4, -0.2) is 41.1 Å². The Kier molecular flexibility index (Phi) is 1.95. The van der Waals surface area contributed by atoms with Crippen LogP contribution in [-0.2, 0) is 14.3 Å². The van der Waals surface area contributed by atoms with E-state index >= 15 is 0 Å². The third-order valence-electron chi connectivity index (χ3n) is 3.93. The zero-order valence-corrected chi connectivity index (χ0v) is 9.07. The number of nitrogens with zero attached hydrogens (tertiary/aromatic N) is 1. The van der Waals surface area contributed by atoms with E-state index in [1.54, 1.807) is 12.2 Å². The average Bonchev–Trinajstić information content (AvgIpc) is 2.90. The molecule has 2 bridgehead atoms. The summed E-state index contributed by atoms with van der Waals surface area (Å²) in [5.41, 5.74) is 0. The monoisotopic (exact) mass is 237 g/mol. The van der Waals surface area contributed by atoms with Crippen LogP contribution in [0.1, 0.15) is 0 Å². The highest BCUT2D eigenvalue weighted by Gasteiger charge is 2.64. The van der Waals surface area contributed by atoms with Gasteiger partial charge in [-0.05, 0) is 0 Å². The lowest BCUT2D eigenvalue weighted by atomic mass is 9.85. The topological polar surface area (TPSA) is 83.9 Å². The van der Waals surface area contributed by atoms with Crippen LogP contribution in [0, 0.1) is 23.7 Å². The second-order valence-corrected chi connectivity index (χ2v) is 4.56. The molecule has 17 heavy (non-hydrogen) atoms. The van der Waals surface area contributed by atoms with E-state index in [0.717, 1.165) is 7.11 Å². The molecule has 5 atom stereocenters. The van der Waals surface area contributed by atoms with Crippen LogP contribution in [0.25, 0.3) is 0 Å². The number of likely N-dealkylation sites (tertiary alicyclic amines) is 1. The molecule has 0 radical (unpaired) electrons. The summed E-state index contributed by atoms with van der Waals surface area (Å²) in [6.07, 6.45) is 1.88. The standard InChI is InChI=1S/C11H11NO5/c1-17-11(16)12-9(14)6-4-2-3-5(8(4)13)7(6)10(12)15/h2-8,13H,1H3/t4-,5+,6+,7-,8?. The third-order valence-corrected chi connectivity index (χ3v) is 3.93. The number of amides is 3. The molecule has 2 aliphatic carbocycles. The number of fused-ring (bicyclic) bond motifs is 5. The highest BCUT2D eigenvalue weighted by Crippen LogP contribution is 2.52. The first-order valence-electron chi connectivity index (χ1n) is 5.40. The molecule has 90 valence electrons. The highest BCUT2D eigenvalue weighted by atomic mass is 16.5. The summed E-state index contributed by atoms with van der Waals surface area (Å²) in [4.78, 5) is 35.9. The Bertz CT molecular complexity index is 425. The van der Waals surface area contributed by atoms with Gasteiger partial charge in [0.15, 0.2) is 0 Å². The molecule has 1 N–H and O–H groups in total. The van der Waals surface area contributed by atoms with Crippen molar-refractivity contribution in [2.24, 2.45) is 23.7 Å². The molecule has 2 fully saturated rings. The van der Waals surface area contributed by atoms with Crippen molar-refractivity contribution in [3.05, 3.63) is 12.2 Å². The predicted molar refractivity (Wildman–Crippen MR) is 53.4 cm³/mol. The van der Waals surface area contributed by atoms with Gasteiger partial charge in [0.25, 0.3) is 0 Å². The quantitative estimate of drug-likeness (QED) is 0.455. The fourth-order valence-electron chi connectivity index (χ4n) is 3.20. The first-order valence-corrected chi connectivity index (χ1v) is 5.40. The second kappa shape index (κ2) is 3.16. The molecular formula is C11H11NO5. The Morgan fingerprint density at radius 2 is 1.71 bits per heavy atom. The average molecular weight is 237 g/mol. The van der Waals surface area contributed by atoms with Gasteiger partial charge in [-0.25, -0.2) is 4.79 Å². The van der Waals surface area contributed by atoms with E-state index in [0.29, 0.717) is 4.90 Å². The van der Waals surface area contributed by atoms with Crippen LogP contribution >= 0.6 is 0 Å². The zero-order valence-electron chi connectivity index (χ0n) is 9.07. The third kappa shape index (κ3) is 1.06. The number of methoxy groups -OCH3 is 1. The minimum atomic E-state index is -0.941. The van der Waals surface area contributed by atoms with Crippen LogP contribution in [0.15, 0.2) is 12.2 Å². The maximum Gasteiger partial charge on any atom is 0.423 e. The van der Waals surface area contributed by atoms with Crippen molar-refractivity contribution in [3.63, 3.8) is 0 Å². The van der Waals surface area contributed by atoms with Crippen molar-refractivity contribution in [3.8, 4) is 0 Å². The van der Waals surface area contributed by atoms with E-state index < -0.39 is 35.8 Å². The Balaban J connectivity index is 1.99. The molecule has 6 nitrogen and oxygen atoms in total. The lowest BCUT2D eigenvalue weighted by Gasteiger charge is -2.16. The number of carbonyl (C=O) groups excluding carboxylic acids is 3. The Morgan fingerprint density at radius 1 is 1.24 bits per heavy atom. The maximum atomic E-state index is 12.0. The smallest absolute Gasteiger partial charge is 0.423 e. The van der Waals surface area contributed by atoms with Gasteiger partial charge in [0.2, 0.25) is 11.8 Å². The molecule has 3 rings (SSSR count). The molecule has 3 aliphatic rings. The number of aliphatic hydroxyl groups excluding tert-OH is 1. The van der Waals surface area contributed by atoms with E-state index in [2.05, 4.69) is 4.74 Å². The summed E-state index contributed by atoms with van der Waals surface area (Å²) in [5.74, 6) is -3.02. The van der Waals surface area contributed by atoms with Crippen molar-refractivity contribution < 1.29 is 24.2 Å². The van der Waals surface area contributed by atoms with Gasteiger partial charge in [-0.3, -0.25) is 9.59 Å². The Labute approximate surface area is 96.8 Å². The van der Waals surface area contributed by atoms with Gasteiger partial charge in [-0.1, -0.05) is 12.2 Å². The summed E-state index contributed by atoms with van der Waals surface area (Å²) >= 11 is 0. The predicted octanol–water partition coefficient (Wildman–Crippen LogP) is -0.469. The van der Waals surface area contributed by atoms with Crippen LogP contribution in [0.3, 0.4) is 0 Å². The van der Waals surface area contributed by atoms with Gasteiger partial charge in [0, 0.05) is 11.8 Å². The van der Waals surface area contributed by atoms with Crippen LogP contribution in [0.2, 0.25) is 0 Å². The number of aliphatic hydroxyl groups is 1. The lowest BCUT2D eigenvalue weighted by Crippen LogP contribution is -2.39. The molecule has 6 heteroatoms. The summed E-state index contributed by atoms with van der Waals surface area (Å²) in [5, 5.41) is 9.85. The minimum Gasteiger partial charge on any atom is -0.452 e. The zero-order chi connectivity index (χ0) is 12.3. The molecule has 3 amide bonds. The van der Waals surface area contributed by atoms with Crippen LogP contribution in [0.4, 0.5) is 4.79 Å². The van der Waals surface area contributed by atoms with Gasteiger partial charge in [-0.2, -0.15) is 4.90 Å². The van der Waals surface area contributed by atoms with Gasteiger partial charge >= 0.3 is 6.09 Å². The largest absolute Gasteiger partial charge is 0.452 e. The Hall–Kier alpha value is -1.69. The van der Waals surface area contributed by atoms with Crippen molar-refractivity contribution >= 4 is 17.9 Å². The molecule has 0 aromatic heterocycles. The molecule has 0 aromatic rings. The van der Waals surface area contributed by atoms with E-state index in [1.807, 2.05) is 0 Å². The van der Waals surface area contributed by atoms with E-state index in [1.165, 1.54) is 0 Å². The normalized spacial score (nSPS) is 42.2. The molecule has 1 unspecified atom stereocenters. The SMILES string of the molecule is COC(=O)N1C(=O)[C@@H]2[C@H](C1=O)[C@@H]1C=C[C@H]2C1O. The first-order chi connectivity index (χ1) is 8.07. The van der Waals surface area contributed by atoms with Gasteiger partial charge < -0.3 is 9.84 Å². The molecule has 1 saturated heterocycles.